The molecule has 0 aromatic rings. The van der Waals surface area contributed by atoms with E-state index in [1.54, 1.807) is 0 Å². The lowest BCUT2D eigenvalue weighted by molar-refractivity contribution is -0.305. The average Bonchev–Trinajstić information content (AvgIpc) is 3.35. The minimum Gasteiger partial charge on any atom is -0.462 e. The third-order valence-electron chi connectivity index (χ3n) is 13.5. The summed E-state index contributed by atoms with van der Waals surface area (Å²) in [6.07, 6.45) is 53.0. The lowest BCUT2D eigenvalue weighted by Gasteiger charge is -2.39. The minimum absolute atomic E-state index is 0.217. The summed E-state index contributed by atoms with van der Waals surface area (Å²) in [7, 11) is 0. The summed E-state index contributed by atoms with van der Waals surface area (Å²) in [5.74, 6) is -0.801. The fourth-order valence-corrected chi connectivity index (χ4v) is 8.92. The Morgan fingerprint density at radius 1 is 0.449 bits per heavy atom. The van der Waals surface area contributed by atoms with Crippen LogP contribution >= 0.6 is 0 Å². The Kier molecular flexibility index (Phi) is 46.6. The Labute approximate surface area is 423 Å². The van der Waals surface area contributed by atoms with Crippen LogP contribution in [0.25, 0.3) is 0 Å². The molecule has 0 aromatic heterocycles. The molecule has 0 spiro atoms. The molecule has 69 heavy (non-hydrogen) atoms. The molecule has 1 saturated heterocycles. The molecule has 1 fully saturated rings. The van der Waals surface area contributed by atoms with Gasteiger partial charge >= 0.3 is 11.9 Å². The molecule has 1 rings (SSSR count). The first-order valence-corrected chi connectivity index (χ1v) is 29.1. The molecule has 0 amide bonds. The van der Waals surface area contributed by atoms with Crippen molar-refractivity contribution in [3.05, 3.63) is 36.5 Å². The van der Waals surface area contributed by atoms with Crippen LogP contribution in [0.15, 0.2) is 36.5 Å². The van der Waals surface area contributed by atoms with Crippen LogP contribution in [0.5, 0.6) is 0 Å². The van der Waals surface area contributed by atoms with Gasteiger partial charge in [-0.2, -0.15) is 0 Å². The van der Waals surface area contributed by atoms with Gasteiger partial charge in [0.25, 0.3) is 0 Å². The van der Waals surface area contributed by atoms with E-state index in [4.69, 9.17) is 18.9 Å². The molecule has 0 radical (unpaired) electrons. The molecular weight excluding hydrogens is 869 g/mol. The summed E-state index contributed by atoms with van der Waals surface area (Å²) < 4.78 is 22.3. The molecule has 10 heteroatoms. The number of unbranched alkanes of at least 4 members (excludes halogenated alkanes) is 33. The van der Waals surface area contributed by atoms with Crippen LogP contribution in [-0.2, 0) is 28.5 Å². The van der Waals surface area contributed by atoms with Crippen LogP contribution in [0.3, 0.4) is 0 Å². The highest BCUT2D eigenvalue weighted by atomic mass is 16.7. The largest absolute Gasteiger partial charge is 0.462 e. The molecule has 6 atom stereocenters. The molecule has 1 aliphatic rings. The van der Waals surface area contributed by atoms with Crippen LogP contribution in [-0.4, -0.2) is 89.0 Å². The molecule has 0 aromatic carbocycles. The van der Waals surface area contributed by atoms with Crippen molar-refractivity contribution in [1.82, 2.24) is 0 Å². The highest BCUT2D eigenvalue weighted by molar-refractivity contribution is 5.70. The van der Waals surface area contributed by atoms with E-state index in [2.05, 4.69) is 50.3 Å². The zero-order valence-electron chi connectivity index (χ0n) is 44.6. The van der Waals surface area contributed by atoms with Crippen molar-refractivity contribution in [3.8, 4) is 0 Å². The quantitative estimate of drug-likeness (QED) is 0.0263. The molecule has 1 heterocycles. The van der Waals surface area contributed by atoms with Gasteiger partial charge in [-0.25, -0.2) is 0 Å². The monoisotopic (exact) mass is 977 g/mol. The van der Waals surface area contributed by atoms with Crippen LogP contribution in [0.4, 0.5) is 0 Å². The van der Waals surface area contributed by atoms with E-state index in [1.165, 1.54) is 186 Å². The SMILES string of the molecule is CCCCCCC/C=C\C/C=C\CCCCCCCCCCCC(=O)OC(COC(=O)CCCCCCCCCCCCC/C=C\CCCCCCCCCC)COC1OC(CO)C(O)C(O)C1O. The predicted molar refractivity (Wildman–Crippen MR) is 284 cm³/mol. The average molecular weight is 978 g/mol. The van der Waals surface area contributed by atoms with Gasteiger partial charge in [0.2, 0.25) is 0 Å². The molecule has 0 saturated carbocycles. The number of hydrogen-bond donors (Lipinski definition) is 4. The summed E-state index contributed by atoms with van der Waals surface area (Å²) in [6.45, 7) is 3.45. The van der Waals surface area contributed by atoms with Gasteiger partial charge in [0.1, 0.15) is 31.0 Å². The molecule has 6 unspecified atom stereocenters. The molecule has 1 aliphatic heterocycles. The number of hydrogen-bond acceptors (Lipinski definition) is 10. The van der Waals surface area contributed by atoms with E-state index >= 15 is 0 Å². The van der Waals surface area contributed by atoms with E-state index in [0.29, 0.717) is 6.42 Å². The number of esters is 2. The number of ether oxygens (including phenoxy) is 4. The highest BCUT2D eigenvalue weighted by Crippen LogP contribution is 2.23. The summed E-state index contributed by atoms with van der Waals surface area (Å²) in [5.41, 5.74) is 0. The van der Waals surface area contributed by atoms with Gasteiger partial charge in [-0.3, -0.25) is 9.59 Å². The number of rotatable bonds is 50. The van der Waals surface area contributed by atoms with Crippen molar-refractivity contribution < 1.29 is 49.0 Å². The maximum atomic E-state index is 12.9. The lowest BCUT2D eigenvalue weighted by Crippen LogP contribution is -2.59. The van der Waals surface area contributed by atoms with E-state index < -0.39 is 49.4 Å². The smallest absolute Gasteiger partial charge is 0.306 e. The van der Waals surface area contributed by atoms with Gasteiger partial charge in [0.05, 0.1) is 13.2 Å². The van der Waals surface area contributed by atoms with E-state index in [-0.39, 0.29) is 32.0 Å². The van der Waals surface area contributed by atoms with Crippen LogP contribution in [0.2, 0.25) is 0 Å². The fourth-order valence-electron chi connectivity index (χ4n) is 8.92. The predicted octanol–water partition coefficient (Wildman–Crippen LogP) is 14.6. The first-order valence-electron chi connectivity index (χ1n) is 29.1. The number of aliphatic hydroxyl groups is 4. The molecule has 10 nitrogen and oxygen atoms in total. The van der Waals surface area contributed by atoms with Crippen LogP contribution in [0.1, 0.15) is 271 Å². The third-order valence-corrected chi connectivity index (χ3v) is 13.5. The second-order valence-corrected chi connectivity index (χ2v) is 20.1. The summed E-state index contributed by atoms with van der Waals surface area (Å²) in [5, 5.41) is 40.3. The van der Waals surface area contributed by atoms with Gasteiger partial charge in [-0.15, -0.1) is 0 Å². The van der Waals surface area contributed by atoms with Crippen molar-refractivity contribution in [2.24, 2.45) is 0 Å². The zero-order valence-corrected chi connectivity index (χ0v) is 44.6. The van der Waals surface area contributed by atoms with Crippen LogP contribution < -0.4 is 0 Å². The maximum absolute atomic E-state index is 12.9. The topological polar surface area (TPSA) is 152 Å². The second kappa shape index (κ2) is 49.5. The third kappa shape index (κ3) is 40.1. The van der Waals surface area contributed by atoms with Gasteiger partial charge in [0.15, 0.2) is 12.4 Å². The Balaban J connectivity index is 2.20. The van der Waals surface area contributed by atoms with Crippen molar-refractivity contribution >= 4 is 11.9 Å². The summed E-state index contributed by atoms with van der Waals surface area (Å²) in [4.78, 5) is 25.6. The van der Waals surface area contributed by atoms with Crippen molar-refractivity contribution in [1.29, 1.82) is 0 Å². The van der Waals surface area contributed by atoms with E-state index in [9.17, 15) is 30.0 Å². The van der Waals surface area contributed by atoms with E-state index in [1.807, 2.05) is 0 Å². The highest BCUT2D eigenvalue weighted by Gasteiger charge is 2.44. The Morgan fingerprint density at radius 3 is 1.22 bits per heavy atom. The summed E-state index contributed by atoms with van der Waals surface area (Å²) in [6, 6.07) is 0. The molecule has 0 aliphatic carbocycles. The van der Waals surface area contributed by atoms with E-state index in [0.717, 1.165) is 51.4 Å². The Morgan fingerprint density at radius 2 is 0.812 bits per heavy atom. The second-order valence-electron chi connectivity index (χ2n) is 20.1. The van der Waals surface area contributed by atoms with Gasteiger partial charge in [-0.1, -0.05) is 224 Å². The first-order chi connectivity index (χ1) is 33.8. The molecular formula is C59H108O10. The first kappa shape index (κ1) is 64.9. The van der Waals surface area contributed by atoms with Gasteiger partial charge < -0.3 is 39.4 Å². The lowest BCUT2D eigenvalue weighted by atomic mass is 9.99. The number of carbonyl (C=O) groups is 2. The van der Waals surface area contributed by atoms with Crippen LogP contribution in [0, 0.1) is 0 Å². The summed E-state index contributed by atoms with van der Waals surface area (Å²) >= 11 is 0. The molecule has 404 valence electrons. The van der Waals surface area contributed by atoms with Crippen molar-refractivity contribution in [2.75, 3.05) is 19.8 Å². The number of carbonyl (C=O) groups excluding carboxylic acids is 2. The number of allylic oxidation sites excluding steroid dienone is 6. The fraction of sp³-hybridized carbons (Fsp3) is 0.864. The zero-order chi connectivity index (χ0) is 50.1. The van der Waals surface area contributed by atoms with Crippen molar-refractivity contribution in [3.63, 3.8) is 0 Å². The Bertz CT molecular complexity index is 1220. The van der Waals surface area contributed by atoms with Gasteiger partial charge in [0, 0.05) is 12.8 Å². The van der Waals surface area contributed by atoms with Crippen molar-refractivity contribution in [2.45, 2.75) is 307 Å². The standard InChI is InChI=1S/C59H108O10/c1-3-5-7-9-11-13-15-17-19-21-23-25-26-28-29-31-33-35-37-39-41-43-45-47-54(61)66-50-52(51-67-59-58(65)57(64)56(63)53(49-60)69-59)68-55(62)48-46-44-42-40-38-36-34-32-30-27-24-22-20-18-16-14-12-10-8-6-4-2/h16,18,21-24,52-53,56-60,63-65H,3-15,17,19-20,25-51H2,1-2H3/b18-16-,23-21-,24-22-. The molecule has 0 bridgehead atoms. The molecule has 4 N–H and O–H groups in total. The Hall–Kier alpha value is -2.08. The minimum atomic E-state index is -1.60. The van der Waals surface area contributed by atoms with Gasteiger partial charge in [-0.05, 0) is 70.6 Å². The maximum Gasteiger partial charge on any atom is 0.306 e. The number of aliphatic hydroxyl groups excluding tert-OH is 4. The normalized spacial score (nSPS) is 19.1.